The Morgan fingerprint density at radius 2 is 2.38 bits per heavy atom. The summed E-state index contributed by atoms with van der Waals surface area (Å²) in [7, 11) is 1.21. The Bertz CT molecular complexity index is 329. The van der Waals surface area contributed by atoms with Gasteiger partial charge in [0.05, 0.1) is 7.11 Å². The van der Waals surface area contributed by atoms with E-state index in [-0.39, 0.29) is 11.5 Å². The van der Waals surface area contributed by atoms with Gasteiger partial charge in [0, 0.05) is 4.92 Å². The zero-order valence-electron chi connectivity index (χ0n) is 6.85. The number of hydrogen-bond acceptors (Lipinski definition) is 5. The number of methoxy groups -OCH3 is 1. The second-order valence-corrected chi connectivity index (χ2v) is 2.25. The Kier molecular flexibility index (Phi) is 2.63. The molecule has 1 heterocycles. The Balaban J connectivity index is 2.74. The van der Waals surface area contributed by atoms with Crippen molar-refractivity contribution >= 4 is 5.97 Å². The molecular formula is C7H7NO5. The molecule has 13 heavy (non-hydrogen) atoms. The van der Waals surface area contributed by atoms with Crippen LogP contribution in [0, 0.1) is 10.1 Å². The molecule has 6 nitrogen and oxygen atoms in total. The lowest BCUT2D eigenvalue weighted by atomic mass is 10.4. The van der Waals surface area contributed by atoms with E-state index >= 15 is 0 Å². The van der Waals surface area contributed by atoms with E-state index in [1.165, 1.54) is 19.2 Å². The zero-order chi connectivity index (χ0) is 9.84. The molecule has 0 saturated heterocycles. The third-order valence-corrected chi connectivity index (χ3v) is 1.33. The van der Waals surface area contributed by atoms with Crippen LogP contribution in [0.4, 0.5) is 0 Å². The van der Waals surface area contributed by atoms with E-state index in [4.69, 9.17) is 4.42 Å². The Labute approximate surface area is 73.2 Å². The first-order valence-corrected chi connectivity index (χ1v) is 3.42. The fraction of sp³-hybridized carbons (Fsp3) is 0.286. The molecule has 0 aliphatic heterocycles. The van der Waals surface area contributed by atoms with E-state index in [0.29, 0.717) is 0 Å². The van der Waals surface area contributed by atoms with E-state index in [9.17, 15) is 14.9 Å². The number of rotatable bonds is 3. The lowest BCUT2D eigenvalue weighted by molar-refractivity contribution is -0.499. The molecule has 0 aliphatic carbocycles. The highest BCUT2D eigenvalue weighted by Gasteiger charge is 2.13. The highest BCUT2D eigenvalue weighted by molar-refractivity contribution is 5.86. The molecule has 0 spiro atoms. The summed E-state index contributed by atoms with van der Waals surface area (Å²) in [5.74, 6) is -0.542. The number of nitro groups is 1. The predicted octanol–water partition coefficient (Wildman–Crippen LogP) is 0.843. The summed E-state index contributed by atoms with van der Waals surface area (Å²) in [4.78, 5) is 20.3. The third kappa shape index (κ3) is 2.29. The molecule has 0 fully saturated rings. The maximum Gasteiger partial charge on any atom is 0.373 e. The van der Waals surface area contributed by atoms with Gasteiger partial charge in [-0.15, -0.1) is 0 Å². The SMILES string of the molecule is COC(=O)c1ccc(C[N+](=O)[O-])o1. The molecule has 0 aromatic carbocycles. The minimum atomic E-state index is -0.644. The van der Waals surface area contributed by atoms with Crippen molar-refractivity contribution in [1.82, 2.24) is 0 Å². The van der Waals surface area contributed by atoms with Gasteiger partial charge in [-0.05, 0) is 12.1 Å². The fourth-order valence-electron chi connectivity index (χ4n) is 0.800. The fourth-order valence-corrected chi connectivity index (χ4v) is 0.800. The number of esters is 1. The van der Waals surface area contributed by atoms with E-state index in [0.717, 1.165) is 0 Å². The first-order chi connectivity index (χ1) is 6.13. The highest BCUT2D eigenvalue weighted by atomic mass is 16.6. The van der Waals surface area contributed by atoms with Crippen LogP contribution >= 0.6 is 0 Å². The summed E-state index contributed by atoms with van der Waals surface area (Å²) in [6, 6.07) is 2.71. The van der Waals surface area contributed by atoms with Crippen LogP contribution in [0.2, 0.25) is 0 Å². The van der Waals surface area contributed by atoms with Crippen LogP contribution in [0.1, 0.15) is 16.3 Å². The summed E-state index contributed by atoms with van der Waals surface area (Å²) in [5.41, 5.74) is 0. The summed E-state index contributed by atoms with van der Waals surface area (Å²) < 4.78 is 9.18. The van der Waals surface area contributed by atoms with Gasteiger partial charge in [0.15, 0.2) is 5.76 Å². The predicted molar refractivity (Wildman–Crippen MR) is 40.7 cm³/mol. The average molecular weight is 185 g/mol. The van der Waals surface area contributed by atoms with Gasteiger partial charge in [0.2, 0.25) is 5.76 Å². The smallest absolute Gasteiger partial charge is 0.373 e. The van der Waals surface area contributed by atoms with Crippen LogP contribution in [0.25, 0.3) is 0 Å². The summed E-state index contributed by atoms with van der Waals surface area (Å²) in [6.45, 7) is -0.434. The minimum absolute atomic E-state index is 0.0284. The number of carbonyl (C=O) groups is 1. The van der Waals surface area contributed by atoms with Gasteiger partial charge in [-0.25, -0.2) is 4.79 Å². The maximum absolute atomic E-state index is 10.8. The van der Waals surface area contributed by atoms with Gasteiger partial charge in [-0.2, -0.15) is 0 Å². The Morgan fingerprint density at radius 1 is 1.69 bits per heavy atom. The van der Waals surface area contributed by atoms with Gasteiger partial charge in [0.25, 0.3) is 6.54 Å². The van der Waals surface area contributed by atoms with Crippen LogP contribution in [-0.4, -0.2) is 18.0 Å². The number of ether oxygens (including phenoxy) is 1. The average Bonchev–Trinajstić information content (AvgIpc) is 2.50. The van der Waals surface area contributed by atoms with Crippen molar-refractivity contribution in [2.24, 2.45) is 0 Å². The van der Waals surface area contributed by atoms with Crippen molar-refractivity contribution in [3.05, 3.63) is 33.8 Å². The molecule has 0 bridgehead atoms. The summed E-state index contributed by atoms with van der Waals surface area (Å²) >= 11 is 0. The lowest BCUT2D eigenvalue weighted by Crippen LogP contribution is -1.99. The molecule has 0 aliphatic rings. The second kappa shape index (κ2) is 3.70. The molecule has 1 aromatic heterocycles. The van der Waals surface area contributed by atoms with E-state index in [2.05, 4.69) is 4.74 Å². The van der Waals surface area contributed by atoms with Crippen LogP contribution in [0.3, 0.4) is 0 Å². The first kappa shape index (κ1) is 9.24. The Hall–Kier alpha value is -1.85. The van der Waals surface area contributed by atoms with Gasteiger partial charge < -0.3 is 9.15 Å². The van der Waals surface area contributed by atoms with E-state index in [1.54, 1.807) is 0 Å². The quantitative estimate of drug-likeness (QED) is 0.396. The minimum Gasteiger partial charge on any atom is -0.463 e. The summed E-state index contributed by atoms with van der Waals surface area (Å²) in [6.07, 6.45) is 0. The summed E-state index contributed by atoms with van der Waals surface area (Å²) in [5, 5.41) is 10.0. The normalized spacial score (nSPS) is 9.62. The molecule has 0 saturated carbocycles. The molecule has 0 N–H and O–H groups in total. The maximum atomic E-state index is 10.8. The van der Waals surface area contributed by atoms with Crippen LogP contribution in [-0.2, 0) is 11.3 Å². The molecule has 6 heteroatoms. The topological polar surface area (TPSA) is 82.6 Å². The van der Waals surface area contributed by atoms with Crippen molar-refractivity contribution in [2.75, 3.05) is 7.11 Å². The molecule has 0 atom stereocenters. The molecule has 70 valence electrons. The second-order valence-electron chi connectivity index (χ2n) is 2.25. The van der Waals surface area contributed by atoms with Crippen LogP contribution in [0.5, 0.6) is 0 Å². The molecular weight excluding hydrogens is 178 g/mol. The van der Waals surface area contributed by atoms with Crippen molar-refractivity contribution in [3.63, 3.8) is 0 Å². The van der Waals surface area contributed by atoms with Gasteiger partial charge in [-0.3, -0.25) is 10.1 Å². The highest BCUT2D eigenvalue weighted by Crippen LogP contribution is 2.09. The molecule has 0 unspecified atom stereocenters. The van der Waals surface area contributed by atoms with Crippen molar-refractivity contribution in [3.8, 4) is 0 Å². The van der Waals surface area contributed by atoms with Crippen LogP contribution in [0.15, 0.2) is 16.5 Å². The van der Waals surface area contributed by atoms with E-state index < -0.39 is 17.4 Å². The standard InChI is InChI=1S/C7H7NO5/c1-12-7(9)6-3-2-5(13-6)4-8(10)11/h2-3H,4H2,1H3. The van der Waals surface area contributed by atoms with Crippen molar-refractivity contribution in [1.29, 1.82) is 0 Å². The largest absolute Gasteiger partial charge is 0.463 e. The number of nitrogens with zero attached hydrogens (tertiary/aromatic N) is 1. The molecule has 0 radical (unpaired) electrons. The van der Waals surface area contributed by atoms with Gasteiger partial charge in [0.1, 0.15) is 0 Å². The van der Waals surface area contributed by atoms with Crippen LogP contribution < -0.4 is 0 Å². The monoisotopic (exact) mass is 185 g/mol. The number of furan rings is 1. The first-order valence-electron chi connectivity index (χ1n) is 3.42. The van der Waals surface area contributed by atoms with Crippen molar-refractivity contribution < 1.29 is 18.9 Å². The molecule has 1 aromatic rings. The van der Waals surface area contributed by atoms with Gasteiger partial charge >= 0.3 is 5.97 Å². The van der Waals surface area contributed by atoms with Gasteiger partial charge in [-0.1, -0.05) is 0 Å². The number of hydrogen-bond donors (Lipinski definition) is 0. The number of carbonyl (C=O) groups excluding carboxylic acids is 1. The third-order valence-electron chi connectivity index (χ3n) is 1.33. The zero-order valence-corrected chi connectivity index (χ0v) is 6.85. The van der Waals surface area contributed by atoms with E-state index in [1.807, 2.05) is 0 Å². The Morgan fingerprint density at radius 3 is 2.92 bits per heavy atom. The molecule has 0 amide bonds. The lowest BCUT2D eigenvalue weighted by Gasteiger charge is -1.92. The van der Waals surface area contributed by atoms with Crippen molar-refractivity contribution in [2.45, 2.75) is 6.54 Å². The molecule has 1 rings (SSSR count).